The van der Waals surface area contributed by atoms with Gasteiger partial charge < -0.3 is 11.1 Å². The Labute approximate surface area is 122 Å². The van der Waals surface area contributed by atoms with E-state index in [4.69, 9.17) is 5.73 Å². The Morgan fingerprint density at radius 3 is 2.90 bits per heavy atom. The van der Waals surface area contributed by atoms with Crippen LogP contribution in [0.2, 0.25) is 0 Å². The van der Waals surface area contributed by atoms with Gasteiger partial charge in [0, 0.05) is 5.56 Å². The van der Waals surface area contributed by atoms with Crippen LogP contribution in [0.3, 0.4) is 0 Å². The highest BCUT2D eigenvalue weighted by Crippen LogP contribution is 2.11. The summed E-state index contributed by atoms with van der Waals surface area (Å²) >= 11 is 0. The second-order valence-electron chi connectivity index (χ2n) is 4.33. The van der Waals surface area contributed by atoms with Gasteiger partial charge in [0.05, 0.1) is 6.54 Å². The quantitative estimate of drug-likeness (QED) is 0.829. The van der Waals surface area contributed by atoms with Crippen LogP contribution < -0.4 is 11.1 Å². The number of anilines is 1. The Morgan fingerprint density at radius 1 is 1.38 bits per heavy atom. The van der Waals surface area contributed by atoms with Crippen LogP contribution in [0.1, 0.15) is 21.6 Å². The molecule has 5 heteroatoms. The molecule has 0 unspecified atom stereocenters. The van der Waals surface area contributed by atoms with Gasteiger partial charge in [0.25, 0.3) is 5.91 Å². The Bertz CT molecular complexity index is 732. The predicted molar refractivity (Wildman–Crippen MR) is 79.3 cm³/mol. The summed E-state index contributed by atoms with van der Waals surface area (Å²) in [5, 5.41) is 2.65. The van der Waals surface area contributed by atoms with E-state index in [0.29, 0.717) is 22.6 Å². The van der Waals surface area contributed by atoms with Gasteiger partial charge in [0.15, 0.2) is 0 Å². The van der Waals surface area contributed by atoms with Gasteiger partial charge in [0.1, 0.15) is 17.3 Å². The molecule has 0 spiro atoms. The molecule has 1 aromatic carbocycles. The fourth-order valence-electron chi connectivity index (χ4n) is 1.69. The molecule has 0 aliphatic rings. The maximum Gasteiger partial charge on any atom is 0.256 e. The van der Waals surface area contributed by atoms with E-state index in [9.17, 15) is 9.18 Å². The van der Waals surface area contributed by atoms with Gasteiger partial charge in [-0.3, -0.25) is 4.79 Å². The lowest BCUT2D eigenvalue weighted by molar-refractivity contribution is 0.102. The van der Waals surface area contributed by atoms with E-state index >= 15 is 0 Å². The second kappa shape index (κ2) is 6.64. The maximum atomic E-state index is 13.2. The minimum atomic E-state index is -0.352. The lowest BCUT2D eigenvalue weighted by atomic mass is 10.1. The number of pyridine rings is 1. The minimum Gasteiger partial charge on any atom is -0.320 e. The normalized spacial score (nSPS) is 9.67. The van der Waals surface area contributed by atoms with Gasteiger partial charge in [-0.25, -0.2) is 9.37 Å². The average Bonchev–Trinajstić information content (AvgIpc) is 2.48. The van der Waals surface area contributed by atoms with E-state index in [2.05, 4.69) is 22.1 Å². The number of hydrogen-bond donors (Lipinski definition) is 2. The molecule has 0 aliphatic carbocycles. The number of carbonyl (C=O) groups is 1. The predicted octanol–water partition coefficient (Wildman–Crippen LogP) is 2.09. The summed E-state index contributed by atoms with van der Waals surface area (Å²) in [4.78, 5) is 16.3. The first-order chi connectivity index (χ1) is 10.1. The van der Waals surface area contributed by atoms with Crippen molar-refractivity contribution >= 4 is 11.7 Å². The number of amides is 1. The zero-order chi connectivity index (χ0) is 15.2. The van der Waals surface area contributed by atoms with Gasteiger partial charge in [-0.05, 0) is 48.7 Å². The van der Waals surface area contributed by atoms with Crippen molar-refractivity contribution in [2.24, 2.45) is 5.73 Å². The van der Waals surface area contributed by atoms with Gasteiger partial charge >= 0.3 is 0 Å². The highest BCUT2D eigenvalue weighted by atomic mass is 19.1. The molecular weight excluding hydrogens is 269 g/mol. The van der Waals surface area contributed by atoms with Gasteiger partial charge in [0.2, 0.25) is 0 Å². The molecule has 106 valence electrons. The number of nitrogens with zero attached hydrogens (tertiary/aromatic N) is 1. The fraction of sp³-hybridized carbons (Fsp3) is 0.125. The van der Waals surface area contributed by atoms with E-state index in [-0.39, 0.29) is 18.3 Å². The number of nitrogens with one attached hydrogen (secondary N) is 1. The van der Waals surface area contributed by atoms with Crippen LogP contribution in [-0.4, -0.2) is 17.4 Å². The van der Waals surface area contributed by atoms with Crippen LogP contribution >= 0.6 is 0 Å². The highest BCUT2D eigenvalue weighted by molar-refractivity contribution is 6.03. The van der Waals surface area contributed by atoms with E-state index in [1.165, 1.54) is 18.2 Å². The number of carbonyl (C=O) groups excluding carboxylic acids is 1. The summed E-state index contributed by atoms with van der Waals surface area (Å²) < 4.78 is 13.2. The number of hydrogen-bond acceptors (Lipinski definition) is 3. The number of halogens is 1. The highest BCUT2D eigenvalue weighted by Gasteiger charge is 2.08. The first kappa shape index (κ1) is 14.7. The minimum absolute atomic E-state index is 0.243. The largest absolute Gasteiger partial charge is 0.320 e. The summed E-state index contributed by atoms with van der Waals surface area (Å²) in [5.41, 5.74) is 6.60. The van der Waals surface area contributed by atoms with E-state index in [0.717, 1.165) is 0 Å². The van der Waals surface area contributed by atoms with Crippen LogP contribution in [-0.2, 0) is 0 Å². The third-order valence-corrected chi connectivity index (χ3v) is 2.73. The fourth-order valence-corrected chi connectivity index (χ4v) is 1.69. The third kappa shape index (κ3) is 3.88. The summed E-state index contributed by atoms with van der Waals surface area (Å²) in [6, 6.07) is 9.29. The molecule has 1 aromatic heterocycles. The number of rotatable bonds is 2. The molecule has 0 aliphatic heterocycles. The van der Waals surface area contributed by atoms with Crippen molar-refractivity contribution in [3.8, 4) is 11.8 Å². The molecular formula is C16H14FN3O. The maximum absolute atomic E-state index is 13.2. The molecule has 0 fully saturated rings. The standard InChI is InChI=1S/C16H14FN3O/c1-11-10-12(7-8-14(11)17)16(21)20-15-6-2-4-13(19-15)5-3-9-18/h2,4,6-8,10H,9,18H2,1H3,(H,19,20,21). The number of aromatic nitrogens is 1. The molecule has 21 heavy (non-hydrogen) atoms. The lowest BCUT2D eigenvalue weighted by Gasteiger charge is -2.06. The molecule has 2 aromatic rings. The van der Waals surface area contributed by atoms with Crippen molar-refractivity contribution in [3.63, 3.8) is 0 Å². The van der Waals surface area contributed by atoms with Gasteiger partial charge in [-0.2, -0.15) is 0 Å². The zero-order valence-electron chi connectivity index (χ0n) is 11.5. The summed E-state index contributed by atoms with van der Waals surface area (Å²) in [6.45, 7) is 1.85. The van der Waals surface area contributed by atoms with E-state index in [1.807, 2.05) is 0 Å². The van der Waals surface area contributed by atoms with Crippen LogP contribution in [0.5, 0.6) is 0 Å². The summed E-state index contributed by atoms with van der Waals surface area (Å²) in [6.07, 6.45) is 0. The topological polar surface area (TPSA) is 68.0 Å². The molecule has 0 saturated carbocycles. The molecule has 0 saturated heterocycles. The molecule has 1 heterocycles. The number of aryl methyl sites for hydroxylation is 1. The van der Waals surface area contributed by atoms with Crippen LogP contribution in [0, 0.1) is 24.6 Å². The number of nitrogens with two attached hydrogens (primary N) is 1. The first-order valence-corrected chi connectivity index (χ1v) is 6.33. The Morgan fingerprint density at radius 2 is 2.19 bits per heavy atom. The average molecular weight is 283 g/mol. The molecule has 0 radical (unpaired) electrons. The van der Waals surface area contributed by atoms with Crippen LogP contribution in [0.15, 0.2) is 36.4 Å². The van der Waals surface area contributed by atoms with Crippen molar-refractivity contribution in [1.82, 2.24) is 4.98 Å². The van der Waals surface area contributed by atoms with Gasteiger partial charge in [-0.15, -0.1) is 0 Å². The van der Waals surface area contributed by atoms with Crippen molar-refractivity contribution < 1.29 is 9.18 Å². The number of benzene rings is 1. The first-order valence-electron chi connectivity index (χ1n) is 6.33. The van der Waals surface area contributed by atoms with E-state index in [1.54, 1.807) is 25.1 Å². The van der Waals surface area contributed by atoms with Crippen molar-refractivity contribution in [1.29, 1.82) is 0 Å². The Balaban J connectivity index is 2.17. The van der Waals surface area contributed by atoms with Gasteiger partial charge in [-0.1, -0.05) is 12.0 Å². The summed E-state index contributed by atoms with van der Waals surface area (Å²) in [7, 11) is 0. The zero-order valence-corrected chi connectivity index (χ0v) is 11.5. The Hall–Kier alpha value is -2.71. The Kier molecular flexibility index (Phi) is 4.64. The van der Waals surface area contributed by atoms with Crippen molar-refractivity contribution in [2.45, 2.75) is 6.92 Å². The third-order valence-electron chi connectivity index (χ3n) is 2.73. The summed E-state index contributed by atoms with van der Waals surface area (Å²) in [5.74, 6) is 5.16. The molecule has 0 atom stereocenters. The molecule has 4 nitrogen and oxygen atoms in total. The van der Waals surface area contributed by atoms with E-state index < -0.39 is 0 Å². The second-order valence-corrected chi connectivity index (χ2v) is 4.33. The molecule has 0 bridgehead atoms. The van der Waals surface area contributed by atoms with Crippen LogP contribution in [0.4, 0.5) is 10.2 Å². The molecule has 3 N–H and O–H groups in total. The van der Waals surface area contributed by atoms with Crippen molar-refractivity contribution in [3.05, 3.63) is 59.0 Å². The monoisotopic (exact) mass is 283 g/mol. The van der Waals surface area contributed by atoms with Crippen molar-refractivity contribution in [2.75, 3.05) is 11.9 Å². The van der Waals surface area contributed by atoms with Crippen LogP contribution in [0.25, 0.3) is 0 Å². The molecule has 2 rings (SSSR count). The smallest absolute Gasteiger partial charge is 0.256 e. The SMILES string of the molecule is Cc1cc(C(=O)Nc2cccc(C#CCN)n2)ccc1F. The lowest BCUT2D eigenvalue weighted by Crippen LogP contribution is -2.13. The molecule has 1 amide bonds.